The van der Waals surface area contributed by atoms with E-state index in [0.29, 0.717) is 12.1 Å². The van der Waals surface area contributed by atoms with Crippen molar-refractivity contribution < 1.29 is 5.11 Å². The number of hydrogen-bond acceptors (Lipinski definition) is 3. The molecular formula is C15H23BrN2O. The molecule has 0 saturated heterocycles. The zero-order valence-corrected chi connectivity index (χ0v) is 13.3. The van der Waals surface area contributed by atoms with E-state index in [9.17, 15) is 5.11 Å². The van der Waals surface area contributed by atoms with E-state index in [4.69, 9.17) is 0 Å². The summed E-state index contributed by atoms with van der Waals surface area (Å²) in [6, 6.07) is 7.45. The predicted octanol–water partition coefficient (Wildman–Crippen LogP) is 3.08. The molecule has 2 N–H and O–H groups in total. The SMILES string of the molecule is CNC(C)c1ccc(N(CCO)C2CCC2)cc1Br. The monoisotopic (exact) mass is 326 g/mol. The quantitative estimate of drug-likeness (QED) is 0.843. The summed E-state index contributed by atoms with van der Waals surface area (Å²) in [4.78, 5) is 2.34. The Kier molecular flexibility index (Phi) is 5.25. The summed E-state index contributed by atoms with van der Waals surface area (Å²) in [6.45, 7) is 3.08. The van der Waals surface area contributed by atoms with Gasteiger partial charge < -0.3 is 15.3 Å². The Bertz CT molecular complexity index is 421. The average Bonchev–Trinajstić information content (AvgIpc) is 2.35. The Balaban J connectivity index is 2.21. The molecule has 1 fully saturated rings. The van der Waals surface area contributed by atoms with Gasteiger partial charge in [-0.15, -0.1) is 0 Å². The first-order valence-corrected chi connectivity index (χ1v) is 7.81. The van der Waals surface area contributed by atoms with E-state index in [0.717, 1.165) is 11.0 Å². The molecule has 1 aliphatic rings. The topological polar surface area (TPSA) is 35.5 Å². The molecule has 1 saturated carbocycles. The Morgan fingerprint density at radius 3 is 2.68 bits per heavy atom. The van der Waals surface area contributed by atoms with Crippen LogP contribution in [0.5, 0.6) is 0 Å². The lowest BCUT2D eigenvalue weighted by atomic mass is 9.91. The molecule has 0 spiro atoms. The smallest absolute Gasteiger partial charge is 0.0606 e. The average molecular weight is 327 g/mol. The lowest BCUT2D eigenvalue weighted by Crippen LogP contribution is -2.42. The summed E-state index contributed by atoms with van der Waals surface area (Å²) >= 11 is 3.67. The molecule has 4 heteroatoms. The molecule has 3 nitrogen and oxygen atoms in total. The van der Waals surface area contributed by atoms with E-state index in [2.05, 4.69) is 51.3 Å². The molecule has 0 heterocycles. The van der Waals surface area contributed by atoms with Gasteiger partial charge >= 0.3 is 0 Å². The molecule has 0 amide bonds. The molecule has 0 aliphatic heterocycles. The summed E-state index contributed by atoms with van der Waals surface area (Å²) in [5, 5.41) is 12.5. The van der Waals surface area contributed by atoms with Crippen LogP contribution in [0.2, 0.25) is 0 Å². The van der Waals surface area contributed by atoms with Crippen LogP contribution in [0.25, 0.3) is 0 Å². The van der Waals surface area contributed by atoms with E-state index < -0.39 is 0 Å². The highest BCUT2D eigenvalue weighted by Gasteiger charge is 2.25. The first-order valence-electron chi connectivity index (χ1n) is 7.01. The minimum absolute atomic E-state index is 0.211. The van der Waals surface area contributed by atoms with Gasteiger partial charge in [-0.3, -0.25) is 0 Å². The number of anilines is 1. The maximum atomic E-state index is 9.25. The van der Waals surface area contributed by atoms with Crippen LogP contribution in [0.1, 0.15) is 37.8 Å². The van der Waals surface area contributed by atoms with Gasteiger partial charge in [0.05, 0.1) is 6.61 Å². The van der Waals surface area contributed by atoms with E-state index in [-0.39, 0.29) is 6.61 Å². The third-order valence-corrected chi connectivity index (χ3v) is 4.76. The molecule has 1 aliphatic carbocycles. The second-order valence-electron chi connectivity index (χ2n) is 5.22. The van der Waals surface area contributed by atoms with Crippen LogP contribution in [0.15, 0.2) is 22.7 Å². The van der Waals surface area contributed by atoms with Crippen molar-refractivity contribution in [3.63, 3.8) is 0 Å². The molecule has 2 rings (SSSR count). The van der Waals surface area contributed by atoms with E-state index in [1.54, 1.807) is 0 Å². The van der Waals surface area contributed by atoms with Gasteiger partial charge in [0.1, 0.15) is 0 Å². The van der Waals surface area contributed by atoms with E-state index in [1.807, 2.05) is 7.05 Å². The van der Waals surface area contributed by atoms with Crippen LogP contribution < -0.4 is 10.2 Å². The van der Waals surface area contributed by atoms with Crippen LogP contribution in [0.3, 0.4) is 0 Å². The number of rotatable bonds is 6. The minimum atomic E-state index is 0.211. The largest absolute Gasteiger partial charge is 0.395 e. The molecule has 1 unspecified atom stereocenters. The van der Waals surface area contributed by atoms with Crippen molar-refractivity contribution >= 4 is 21.6 Å². The zero-order chi connectivity index (χ0) is 13.8. The third-order valence-electron chi connectivity index (χ3n) is 4.07. The number of benzene rings is 1. The maximum absolute atomic E-state index is 9.25. The second-order valence-corrected chi connectivity index (χ2v) is 6.07. The van der Waals surface area contributed by atoms with Crippen molar-refractivity contribution in [1.29, 1.82) is 0 Å². The lowest BCUT2D eigenvalue weighted by Gasteiger charge is -2.39. The zero-order valence-electron chi connectivity index (χ0n) is 11.7. The summed E-state index contributed by atoms with van der Waals surface area (Å²) < 4.78 is 1.13. The van der Waals surface area contributed by atoms with E-state index in [1.165, 1.54) is 30.5 Å². The Hall–Kier alpha value is -0.580. The van der Waals surface area contributed by atoms with E-state index >= 15 is 0 Å². The first-order chi connectivity index (χ1) is 9.17. The Morgan fingerprint density at radius 1 is 1.47 bits per heavy atom. The summed E-state index contributed by atoms with van der Waals surface area (Å²) in [6.07, 6.45) is 3.79. The van der Waals surface area contributed by atoms with Gasteiger partial charge in [0.15, 0.2) is 0 Å². The van der Waals surface area contributed by atoms with Crippen molar-refractivity contribution in [3.05, 3.63) is 28.2 Å². The van der Waals surface area contributed by atoms with Gasteiger partial charge in [-0.2, -0.15) is 0 Å². The molecule has 1 aromatic carbocycles. The van der Waals surface area contributed by atoms with Gasteiger partial charge in [0.25, 0.3) is 0 Å². The summed E-state index contributed by atoms with van der Waals surface area (Å²) in [5.74, 6) is 0. The maximum Gasteiger partial charge on any atom is 0.0606 e. The fraction of sp³-hybridized carbons (Fsp3) is 0.600. The number of aliphatic hydroxyl groups excluding tert-OH is 1. The van der Waals surface area contributed by atoms with Crippen molar-refractivity contribution in [3.8, 4) is 0 Å². The van der Waals surface area contributed by atoms with Crippen LogP contribution in [0, 0.1) is 0 Å². The Morgan fingerprint density at radius 2 is 2.21 bits per heavy atom. The van der Waals surface area contributed by atoms with Crippen LogP contribution in [-0.2, 0) is 0 Å². The molecule has 0 aromatic heterocycles. The van der Waals surface area contributed by atoms with Crippen molar-refractivity contribution in [2.75, 3.05) is 25.1 Å². The number of aliphatic hydroxyl groups is 1. The fourth-order valence-electron chi connectivity index (χ4n) is 2.53. The molecule has 1 aromatic rings. The Labute approximate surface area is 124 Å². The number of nitrogens with one attached hydrogen (secondary N) is 1. The summed E-state index contributed by atoms with van der Waals surface area (Å²) in [5.41, 5.74) is 2.47. The van der Waals surface area contributed by atoms with Crippen LogP contribution in [0.4, 0.5) is 5.69 Å². The molecular weight excluding hydrogens is 304 g/mol. The van der Waals surface area contributed by atoms with Gasteiger partial charge in [-0.1, -0.05) is 22.0 Å². The van der Waals surface area contributed by atoms with Crippen LogP contribution in [-0.4, -0.2) is 31.3 Å². The minimum Gasteiger partial charge on any atom is -0.395 e. The first kappa shape index (κ1) is 14.8. The number of nitrogens with zero attached hydrogens (tertiary/aromatic N) is 1. The molecule has 106 valence electrons. The second kappa shape index (κ2) is 6.73. The number of hydrogen-bond donors (Lipinski definition) is 2. The van der Waals surface area contributed by atoms with Gasteiger partial charge in [-0.05, 0) is 50.9 Å². The molecule has 1 atom stereocenters. The van der Waals surface area contributed by atoms with Gasteiger partial charge in [0.2, 0.25) is 0 Å². The highest BCUT2D eigenvalue weighted by atomic mass is 79.9. The molecule has 0 radical (unpaired) electrons. The highest BCUT2D eigenvalue weighted by molar-refractivity contribution is 9.10. The van der Waals surface area contributed by atoms with Gasteiger partial charge in [-0.25, -0.2) is 0 Å². The standard InChI is InChI=1S/C15H23BrN2O/c1-11(17-2)14-7-6-13(10-15(14)16)18(8-9-19)12-4-3-5-12/h6-7,10-12,17,19H,3-5,8-9H2,1-2H3. The van der Waals surface area contributed by atoms with Crippen LogP contribution >= 0.6 is 15.9 Å². The molecule has 19 heavy (non-hydrogen) atoms. The van der Waals surface area contributed by atoms with Crippen molar-refractivity contribution in [1.82, 2.24) is 5.32 Å². The predicted molar refractivity (Wildman–Crippen MR) is 83.7 cm³/mol. The lowest BCUT2D eigenvalue weighted by molar-refractivity contribution is 0.283. The highest BCUT2D eigenvalue weighted by Crippen LogP contribution is 2.33. The number of halogens is 1. The van der Waals surface area contributed by atoms with Crippen molar-refractivity contribution in [2.45, 2.75) is 38.3 Å². The normalized spacial score (nSPS) is 17.1. The fourth-order valence-corrected chi connectivity index (χ4v) is 3.24. The van der Waals surface area contributed by atoms with Gasteiger partial charge in [0, 0.05) is 28.8 Å². The third kappa shape index (κ3) is 3.30. The molecule has 0 bridgehead atoms. The summed E-state index contributed by atoms with van der Waals surface area (Å²) in [7, 11) is 1.97. The van der Waals surface area contributed by atoms with Crippen molar-refractivity contribution in [2.24, 2.45) is 0 Å².